The van der Waals surface area contributed by atoms with Crippen LogP contribution in [-0.4, -0.2) is 235 Å². The molecule has 4 aliphatic heterocycles. The number of rotatable bonds is 41. The quantitative estimate of drug-likeness (QED) is 0.0194. The minimum absolute atomic E-state index is 0.0607. The van der Waals surface area contributed by atoms with Crippen LogP contribution in [0.15, 0.2) is 276 Å². The molecule has 0 radical (unpaired) electrons. The topological polar surface area (TPSA) is 378 Å². The van der Waals surface area contributed by atoms with E-state index < -0.39 is 47.4 Å². The van der Waals surface area contributed by atoms with Crippen LogP contribution in [-0.2, 0) is 68.6 Å². The summed E-state index contributed by atoms with van der Waals surface area (Å²) in [5.41, 5.74) is 7.18. The van der Waals surface area contributed by atoms with Crippen molar-refractivity contribution in [1.29, 1.82) is 0 Å². The van der Waals surface area contributed by atoms with E-state index in [-0.39, 0.29) is 102 Å². The number of hydrogen-bond acceptors (Lipinski definition) is 22. The molecule has 0 saturated carbocycles. The molecule has 1 unspecified atom stereocenters. The van der Waals surface area contributed by atoms with Gasteiger partial charge in [0.25, 0.3) is 17.7 Å². The van der Waals surface area contributed by atoms with E-state index >= 15 is 0 Å². The molecule has 33 nitrogen and oxygen atoms in total. The number of amides is 4. The molecule has 142 heavy (non-hydrogen) atoms. The van der Waals surface area contributed by atoms with E-state index in [4.69, 9.17) is 28.4 Å². The molecule has 9 aromatic carbocycles. The summed E-state index contributed by atoms with van der Waals surface area (Å²) >= 11 is 0. The van der Waals surface area contributed by atoms with Crippen molar-refractivity contribution in [2.45, 2.75) is 79.5 Å². The zero-order valence-corrected chi connectivity index (χ0v) is 83.1. The summed E-state index contributed by atoms with van der Waals surface area (Å²) in [5.74, 6) is 0.387. The lowest BCUT2D eigenvalue weighted by atomic mass is 9.90. The van der Waals surface area contributed by atoms with Gasteiger partial charge in [-0.05, 0) is 147 Å². The van der Waals surface area contributed by atoms with Gasteiger partial charge in [0.15, 0.2) is 0 Å². The molecular formula is C106H123N15O18S3. The monoisotopic (exact) mass is 1990 g/mol. The number of sulfonamides is 3. The van der Waals surface area contributed by atoms with E-state index in [9.17, 15) is 54.0 Å². The number of carbonyl (C=O) groups excluding carboxylic acids is 4. The van der Waals surface area contributed by atoms with Crippen molar-refractivity contribution in [2.75, 3.05) is 162 Å². The molecule has 16 rings (SSSR count). The van der Waals surface area contributed by atoms with Gasteiger partial charge in [0, 0.05) is 103 Å². The van der Waals surface area contributed by atoms with Crippen LogP contribution in [0.4, 0.5) is 22.7 Å². The molecule has 0 spiro atoms. The molecule has 0 bridgehead atoms. The Labute approximate surface area is 829 Å². The van der Waals surface area contributed by atoms with Crippen LogP contribution >= 0.6 is 0 Å². The van der Waals surface area contributed by atoms with Gasteiger partial charge in [0.1, 0.15) is 60.8 Å². The summed E-state index contributed by atoms with van der Waals surface area (Å²) in [6.45, 7) is 18.5. The normalized spacial score (nSPS) is 14.6. The molecule has 4 aliphatic rings. The predicted molar refractivity (Wildman–Crippen MR) is 552 cm³/mol. The fraction of sp³-hybridized carbons (Fsp3) is 0.330. The number of hydrogen-bond donors (Lipinski definition) is 6. The lowest BCUT2D eigenvalue weighted by molar-refractivity contribution is -0.129. The van der Waals surface area contributed by atoms with Crippen molar-refractivity contribution in [2.24, 2.45) is 5.92 Å². The number of benzene rings is 9. The van der Waals surface area contributed by atoms with Crippen molar-refractivity contribution >= 4 is 82.1 Å². The summed E-state index contributed by atoms with van der Waals surface area (Å²) in [6, 6.07) is 74.1. The first-order valence-electron chi connectivity index (χ1n) is 47.9. The Kier molecular flexibility index (Phi) is 36.5. The number of imidazole rings is 2. The molecule has 3 saturated heterocycles. The molecule has 3 fully saturated rings. The van der Waals surface area contributed by atoms with Crippen LogP contribution in [0.25, 0.3) is 39.6 Å². The number of aromatic nitrogens is 5. The van der Waals surface area contributed by atoms with Gasteiger partial charge in [-0.3, -0.25) is 61.5 Å². The third kappa shape index (κ3) is 26.8. The summed E-state index contributed by atoms with van der Waals surface area (Å²) in [4.78, 5) is 98.5. The zero-order valence-electron chi connectivity index (χ0n) is 80.7. The fourth-order valence-electron chi connectivity index (χ4n) is 17.3. The zero-order chi connectivity index (χ0) is 100. The molecule has 12 aromatic rings. The van der Waals surface area contributed by atoms with Gasteiger partial charge < -0.3 is 59.1 Å². The second-order valence-corrected chi connectivity index (χ2v) is 40.0. The largest absolute Gasteiger partial charge is 0.491 e. The molecule has 1 atom stereocenters. The average molecular weight is 1990 g/mol. The van der Waals surface area contributed by atoms with E-state index in [2.05, 4.69) is 35.1 Å². The van der Waals surface area contributed by atoms with E-state index in [1.54, 1.807) is 134 Å². The highest BCUT2D eigenvalue weighted by atomic mass is 32.2. The molecule has 6 N–H and O–H groups in total. The van der Waals surface area contributed by atoms with Crippen molar-refractivity contribution in [3.8, 4) is 56.9 Å². The maximum absolute atomic E-state index is 14.8. The number of pyridine rings is 1. The SMILES string of the molecule is CCCS(=O)(=O)Nc1ccccc1-n1c(-c2ccccc2)c(C(=O)N2CCNCC2)n(Cc2cccc(OCCOC(C)C)c2)c1=O.CCCS(=O)(=O)Nc1ccccc1-n1c(-c2ccccc2)c(C(=O)N2CCNCC2)n(Cc2cccc(OCCOc3cccnc3)c2)c1=O.CCCS(=O)(=O)Nc1ccccc1N1C(=O)C(Cc2cccc(OCCOC)c2)C(C(=O)N2CCNCC2)=C1c1ccccc1. The number of piperazine rings is 3. The van der Waals surface area contributed by atoms with Gasteiger partial charge in [-0.1, -0.05) is 185 Å². The number of carbonyl (C=O) groups is 4. The maximum atomic E-state index is 14.8. The number of methoxy groups -OCH3 is 1. The Bertz CT molecular complexity index is 6830. The van der Waals surface area contributed by atoms with Crippen molar-refractivity contribution in [3.63, 3.8) is 0 Å². The standard InChI is InChI=1S/C37H40N6O6S.C35H43N5O6S.C34H40N4O6S/c1-2-24-50(46,47)40-32-15-6-7-16-33(32)43-34(29-11-4-3-5-12-29)35(36(44)41-20-18-38-19-21-41)42(37(43)45)27-28-10-8-13-30(25-28)48-22-23-49-31-14-9-17-39-26-31;1-4-23-47(43,44)37-30-15-8-9-16-31(30)40-32(28-12-6-5-7-13-28)33(34(41)38-19-17-36-18-20-38)39(35(40)42)25-27-11-10-14-29(24-27)46-22-21-45-26(2)3;1-3-22-45(41,42)36-29-14-7-8-15-30(29)38-32(26-11-5-4-6-12-26)31(34(40)37-18-16-35-17-19-37)28(33(38)39)24-25-10-9-13-27(23-25)44-21-20-43-2/h3-17,25-26,38,40H,2,18-24,27H2,1H3;5-16,24,26,36-37H,4,17-23,25H2,1-3H3;4-15,23,28,35-36H,3,16-22,24H2,1-2H3. The highest BCUT2D eigenvalue weighted by Gasteiger charge is 2.47. The number of ether oxygens (including phenoxy) is 6. The molecule has 0 aliphatic carbocycles. The number of para-hydroxylation sites is 6. The van der Waals surface area contributed by atoms with Crippen molar-refractivity contribution in [1.82, 2.24) is 53.9 Å². The summed E-state index contributed by atoms with van der Waals surface area (Å²) < 4.78 is 126. The number of nitrogens with one attached hydrogen (secondary N) is 6. The minimum Gasteiger partial charge on any atom is -0.491 e. The van der Waals surface area contributed by atoms with Gasteiger partial charge in [0.05, 0.1) is 119 Å². The van der Waals surface area contributed by atoms with E-state index in [0.717, 1.165) is 16.7 Å². The van der Waals surface area contributed by atoms with E-state index in [0.29, 0.717) is 210 Å². The van der Waals surface area contributed by atoms with Gasteiger partial charge in [0.2, 0.25) is 36.0 Å². The maximum Gasteiger partial charge on any atom is 0.334 e. The number of anilines is 4. The fourth-order valence-corrected chi connectivity index (χ4v) is 20.7. The third-order valence-electron chi connectivity index (χ3n) is 23.7. The summed E-state index contributed by atoms with van der Waals surface area (Å²) in [5, 5.41) is 9.85. The molecule has 4 amide bonds. The van der Waals surface area contributed by atoms with Gasteiger partial charge in [-0.25, -0.2) is 34.8 Å². The lowest BCUT2D eigenvalue weighted by Crippen LogP contribution is -2.47. The Hall–Kier alpha value is -14.0. The van der Waals surface area contributed by atoms with Gasteiger partial charge in [-0.2, -0.15) is 0 Å². The van der Waals surface area contributed by atoms with Gasteiger partial charge >= 0.3 is 11.4 Å². The van der Waals surface area contributed by atoms with Crippen LogP contribution in [0.5, 0.6) is 23.0 Å². The van der Waals surface area contributed by atoms with E-state index in [1.807, 2.05) is 184 Å². The second kappa shape index (κ2) is 49.9. The van der Waals surface area contributed by atoms with Gasteiger partial charge in [-0.15, -0.1) is 0 Å². The lowest BCUT2D eigenvalue weighted by Gasteiger charge is -2.29. The number of nitrogens with zero attached hydrogens (tertiary/aromatic N) is 9. The van der Waals surface area contributed by atoms with Crippen LogP contribution in [0.2, 0.25) is 0 Å². The Morgan fingerprint density at radius 3 is 1.18 bits per heavy atom. The van der Waals surface area contributed by atoms with Crippen molar-refractivity contribution < 1.29 is 72.9 Å². The smallest absolute Gasteiger partial charge is 0.334 e. The summed E-state index contributed by atoms with van der Waals surface area (Å²) in [7, 11) is -9.45. The van der Waals surface area contributed by atoms with Crippen LogP contribution in [0.1, 0.15) is 97.1 Å². The first kappa shape index (κ1) is 104. The third-order valence-corrected chi connectivity index (χ3v) is 28.1. The first-order chi connectivity index (χ1) is 68.8. The Balaban J connectivity index is 0.000000169. The minimum atomic E-state index is -3.70. The molecule has 36 heteroatoms. The Morgan fingerprint density at radius 1 is 0.408 bits per heavy atom. The molecular weight excluding hydrogens is 1870 g/mol. The van der Waals surface area contributed by atoms with Crippen LogP contribution in [0, 0.1) is 5.92 Å². The van der Waals surface area contributed by atoms with E-state index in [1.165, 1.54) is 23.2 Å². The highest BCUT2D eigenvalue weighted by molar-refractivity contribution is 7.93. The average Bonchev–Trinajstić information content (AvgIpc) is 1.59. The van der Waals surface area contributed by atoms with Crippen molar-refractivity contribution in [3.05, 3.63) is 321 Å². The molecule has 3 aromatic heterocycles. The Morgan fingerprint density at radius 2 is 0.768 bits per heavy atom. The highest BCUT2D eigenvalue weighted by Crippen LogP contribution is 2.46. The molecule has 748 valence electrons. The van der Waals surface area contributed by atoms with Crippen LogP contribution < -0.4 is 65.3 Å². The molecule has 7 heterocycles. The first-order valence-corrected chi connectivity index (χ1v) is 52.8. The second-order valence-electron chi connectivity index (χ2n) is 34.5. The van der Waals surface area contributed by atoms with Crippen LogP contribution in [0.3, 0.4) is 0 Å². The summed E-state index contributed by atoms with van der Waals surface area (Å²) in [6.07, 6.45) is 4.95. The predicted octanol–water partition coefficient (Wildman–Crippen LogP) is 12.7.